The van der Waals surface area contributed by atoms with Gasteiger partial charge in [-0.3, -0.25) is 4.79 Å². The third-order valence-electron chi connectivity index (χ3n) is 3.78. The van der Waals surface area contributed by atoms with E-state index >= 15 is 0 Å². The van der Waals surface area contributed by atoms with Gasteiger partial charge in [0, 0.05) is 23.6 Å². The Hall–Kier alpha value is -2.60. The van der Waals surface area contributed by atoms with Crippen LogP contribution in [-0.2, 0) is 0 Å². The second-order valence-corrected chi connectivity index (χ2v) is 6.04. The summed E-state index contributed by atoms with van der Waals surface area (Å²) < 4.78 is 22.1. The molecule has 26 heavy (non-hydrogen) atoms. The summed E-state index contributed by atoms with van der Waals surface area (Å²) in [6.45, 7) is 1.80. The number of hydrogen-bond acceptors (Lipinski definition) is 5. The first-order chi connectivity index (χ1) is 12.7. The van der Waals surface area contributed by atoms with Crippen LogP contribution in [0.15, 0.2) is 36.4 Å². The van der Waals surface area contributed by atoms with Crippen LogP contribution in [0.1, 0.15) is 16.8 Å². The zero-order valence-electron chi connectivity index (χ0n) is 14.4. The molecule has 0 saturated heterocycles. The minimum absolute atomic E-state index is 0.266. The van der Waals surface area contributed by atoms with Gasteiger partial charge in [0.15, 0.2) is 11.5 Å². The minimum Gasteiger partial charge on any atom is -0.496 e. The number of amides is 1. The fourth-order valence-electron chi connectivity index (χ4n) is 2.50. The summed E-state index contributed by atoms with van der Waals surface area (Å²) in [6, 6.07) is 10.4. The number of nitrogens with one attached hydrogen (secondary N) is 1. The Labute approximate surface area is 157 Å². The van der Waals surface area contributed by atoms with Gasteiger partial charge in [-0.05, 0) is 24.3 Å². The summed E-state index contributed by atoms with van der Waals surface area (Å²) >= 11 is 5.83. The van der Waals surface area contributed by atoms with Crippen molar-refractivity contribution in [3.8, 4) is 23.0 Å². The number of carbonyl (C=O) groups excluding carboxylic acids is 1. The molecule has 0 saturated carbocycles. The molecule has 138 valence electrons. The van der Waals surface area contributed by atoms with Gasteiger partial charge in [0.25, 0.3) is 5.91 Å². The molecule has 1 amide bonds. The monoisotopic (exact) mass is 377 g/mol. The largest absolute Gasteiger partial charge is 0.496 e. The lowest BCUT2D eigenvalue weighted by atomic mass is 10.1. The van der Waals surface area contributed by atoms with E-state index in [9.17, 15) is 4.79 Å². The molecule has 0 atom stereocenters. The summed E-state index contributed by atoms with van der Waals surface area (Å²) in [4.78, 5) is 12.5. The van der Waals surface area contributed by atoms with Gasteiger partial charge in [0.1, 0.15) is 18.1 Å². The van der Waals surface area contributed by atoms with Crippen molar-refractivity contribution in [1.82, 2.24) is 5.32 Å². The third kappa shape index (κ3) is 4.52. The van der Waals surface area contributed by atoms with E-state index in [2.05, 4.69) is 5.32 Å². The molecule has 2 aromatic carbocycles. The fourth-order valence-corrected chi connectivity index (χ4v) is 2.62. The van der Waals surface area contributed by atoms with E-state index in [1.165, 1.54) is 7.11 Å². The van der Waals surface area contributed by atoms with Gasteiger partial charge < -0.3 is 24.3 Å². The van der Waals surface area contributed by atoms with Gasteiger partial charge in [-0.1, -0.05) is 11.6 Å². The molecule has 1 aliphatic heterocycles. The smallest absolute Gasteiger partial charge is 0.255 e. The van der Waals surface area contributed by atoms with Gasteiger partial charge in [-0.2, -0.15) is 0 Å². The Morgan fingerprint density at radius 1 is 1.15 bits per heavy atom. The van der Waals surface area contributed by atoms with Gasteiger partial charge in [0.2, 0.25) is 0 Å². The summed E-state index contributed by atoms with van der Waals surface area (Å²) in [6.07, 6.45) is 0.792. The zero-order valence-corrected chi connectivity index (χ0v) is 15.2. The Kier molecular flexibility index (Phi) is 6.07. The molecular formula is C19H20ClNO5. The average molecular weight is 378 g/mol. The van der Waals surface area contributed by atoms with Gasteiger partial charge in [-0.25, -0.2) is 0 Å². The number of methoxy groups -OCH3 is 1. The molecule has 0 spiro atoms. The zero-order chi connectivity index (χ0) is 18.4. The second-order valence-electron chi connectivity index (χ2n) is 5.61. The highest BCUT2D eigenvalue weighted by atomic mass is 35.5. The lowest BCUT2D eigenvalue weighted by Crippen LogP contribution is -2.28. The minimum atomic E-state index is -0.266. The van der Waals surface area contributed by atoms with Gasteiger partial charge in [-0.15, -0.1) is 0 Å². The maximum Gasteiger partial charge on any atom is 0.255 e. The van der Waals surface area contributed by atoms with Crippen LogP contribution >= 0.6 is 11.6 Å². The SMILES string of the molecule is COc1cc2c(cc1C(=O)NCCOc1ccc(Cl)cc1)OCCCO2. The number of carbonyl (C=O) groups is 1. The lowest BCUT2D eigenvalue weighted by Gasteiger charge is -2.14. The summed E-state index contributed by atoms with van der Waals surface area (Å²) in [7, 11) is 1.51. The first-order valence-electron chi connectivity index (χ1n) is 8.31. The highest BCUT2D eigenvalue weighted by Crippen LogP contribution is 2.36. The first-order valence-corrected chi connectivity index (χ1v) is 8.69. The highest BCUT2D eigenvalue weighted by molar-refractivity contribution is 6.30. The van der Waals surface area contributed by atoms with E-state index in [4.69, 9.17) is 30.5 Å². The van der Waals surface area contributed by atoms with Crippen molar-refractivity contribution in [2.75, 3.05) is 33.5 Å². The maximum absolute atomic E-state index is 12.5. The molecule has 0 bridgehead atoms. The second kappa shape index (κ2) is 8.67. The van der Waals surface area contributed by atoms with E-state index in [0.29, 0.717) is 59.9 Å². The molecule has 7 heteroatoms. The number of hydrogen-bond donors (Lipinski definition) is 1. The van der Waals surface area contributed by atoms with Crippen LogP contribution in [0, 0.1) is 0 Å². The maximum atomic E-state index is 12.5. The quantitative estimate of drug-likeness (QED) is 0.782. The summed E-state index contributed by atoms with van der Waals surface area (Å²) in [5.74, 6) is 1.99. The predicted octanol–water partition coefficient (Wildman–Crippen LogP) is 3.32. The summed E-state index contributed by atoms with van der Waals surface area (Å²) in [5, 5.41) is 3.46. The molecule has 2 aromatic rings. The molecule has 1 N–H and O–H groups in total. The van der Waals surface area contributed by atoms with Crippen LogP contribution in [0.3, 0.4) is 0 Å². The van der Waals surface area contributed by atoms with E-state index in [1.54, 1.807) is 36.4 Å². The molecule has 0 radical (unpaired) electrons. The van der Waals surface area contributed by atoms with E-state index in [-0.39, 0.29) is 5.91 Å². The molecule has 0 fully saturated rings. The van der Waals surface area contributed by atoms with E-state index in [0.717, 1.165) is 6.42 Å². The lowest BCUT2D eigenvalue weighted by molar-refractivity contribution is 0.0943. The Morgan fingerprint density at radius 3 is 2.54 bits per heavy atom. The van der Waals surface area contributed by atoms with Crippen LogP contribution in [0.5, 0.6) is 23.0 Å². The fraction of sp³-hybridized carbons (Fsp3) is 0.316. The van der Waals surface area contributed by atoms with Crippen molar-refractivity contribution in [1.29, 1.82) is 0 Å². The van der Waals surface area contributed by atoms with Crippen molar-refractivity contribution in [3.05, 3.63) is 47.0 Å². The molecule has 0 aromatic heterocycles. The Bertz CT molecular complexity index is 763. The van der Waals surface area contributed by atoms with Crippen molar-refractivity contribution in [2.45, 2.75) is 6.42 Å². The van der Waals surface area contributed by atoms with Gasteiger partial charge >= 0.3 is 0 Å². The normalized spacial score (nSPS) is 12.8. The van der Waals surface area contributed by atoms with Crippen LogP contribution in [-0.4, -0.2) is 39.4 Å². The van der Waals surface area contributed by atoms with Crippen molar-refractivity contribution in [2.24, 2.45) is 0 Å². The number of fused-ring (bicyclic) bond motifs is 1. The molecular weight excluding hydrogens is 358 g/mol. The van der Waals surface area contributed by atoms with Crippen LogP contribution in [0.2, 0.25) is 5.02 Å². The standard InChI is InChI=1S/C19H20ClNO5/c1-23-16-12-18-17(25-8-2-9-26-18)11-15(16)19(22)21-7-10-24-14-5-3-13(20)4-6-14/h3-6,11-12H,2,7-10H2,1H3,(H,21,22). The Balaban J connectivity index is 1.60. The van der Waals surface area contributed by atoms with Crippen LogP contribution < -0.4 is 24.3 Å². The van der Waals surface area contributed by atoms with Crippen LogP contribution in [0.25, 0.3) is 0 Å². The van der Waals surface area contributed by atoms with Gasteiger partial charge in [0.05, 0.1) is 32.4 Å². The summed E-state index contributed by atoms with van der Waals surface area (Å²) in [5.41, 5.74) is 0.392. The number of rotatable bonds is 6. The molecule has 3 rings (SSSR count). The number of benzene rings is 2. The molecule has 0 aliphatic carbocycles. The van der Waals surface area contributed by atoms with Crippen LogP contribution in [0.4, 0.5) is 0 Å². The molecule has 1 heterocycles. The molecule has 0 unspecified atom stereocenters. The Morgan fingerprint density at radius 2 is 1.85 bits per heavy atom. The third-order valence-corrected chi connectivity index (χ3v) is 4.04. The van der Waals surface area contributed by atoms with Crippen molar-refractivity contribution >= 4 is 17.5 Å². The number of ether oxygens (including phenoxy) is 4. The molecule has 6 nitrogen and oxygen atoms in total. The predicted molar refractivity (Wildman–Crippen MR) is 97.9 cm³/mol. The topological polar surface area (TPSA) is 66.0 Å². The highest BCUT2D eigenvalue weighted by Gasteiger charge is 2.19. The first kappa shape index (κ1) is 18.2. The average Bonchev–Trinajstić information content (AvgIpc) is 2.90. The van der Waals surface area contributed by atoms with E-state index < -0.39 is 0 Å². The number of halogens is 1. The molecule has 1 aliphatic rings. The van der Waals surface area contributed by atoms with Crippen molar-refractivity contribution in [3.63, 3.8) is 0 Å². The van der Waals surface area contributed by atoms with Crippen molar-refractivity contribution < 1.29 is 23.7 Å². The van der Waals surface area contributed by atoms with E-state index in [1.807, 2.05) is 0 Å².